The SMILES string of the molecule is COc1cccc(C=CC(=O)N(C)Cc2ccc(F)cc2F)c1OC(F)F. The molecule has 0 saturated heterocycles. The predicted molar refractivity (Wildman–Crippen MR) is 91.5 cm³/mol. The number of carbonyl (C=O) groups excluding carboxylic acids is 1. The molecule has 0 fully saturated rings. The summed E-state index contributed by atoms with van der Waals surface area (Å²) in [5.41, 5.74) is 0.355. The van der Waals surface area contributed by atoms with Crippen molar-refractivity contribution in [3.05, 3.63) is 65.2 Å². The number of halogens is 4. The van der Waals surface area contributed by atoms with Crippen molar-refractivity contribution in [2.45, 2.75) is 13.2 Å². The van der Waals surface area contributed by atoms with Gasteiger partial charge in [0.2, 0.25) is 5.91 Å². The van der Waals surface area contributed by atoms with Gasteiger partial charge in [0.15, 0.2) is 11.5 Å². The van der Waals surface area contributed by atoms with E-state index in [9.17, 15) is 22.4 Å². The maximum absolute atomic E-state index is 13.7. The molecule has 0 aliphatic carbocycles. The third kappa shape index (κ3) is 5.47. The number of carbonyl (C=O) groups is 1. The Morgan fingerprint density at radius 3 is 2.59 bits per heavy atom. The second kappa shape index (κ2) is 9.07. The van der Waals surface area contributed by atoms with Crippen molar-refractivity contribution in [1.29, 1.82) is 0 Å². The van der Waals surface area contributed by atoms with Gasteiger partial charge in [0.25, 0.3) is 0 Å². The van der Waals surface area contributed by atoms with E-state index in [2.05, 4.69) is 4.74 Å². The molecule has 2 rings (SSSR count). The van der Waals surface area contributed by atoms with Crippen molar-refractivity contribution >= 4 is 12.0 Å². The number of hydrogen-bond donors (Lipinski definition) is 0. The molecule has 4 nitrogen and oxygen atoms in total. The van der Waals surface area contributed by atoms with E-state index in [1.165, 1.54) is 43.3 Å². The van der Waals surface area contributed by atoms with Crippen LogP contribution in [-0.4, -0.2) is 31.6 Å². The summed E-state index contributed by atoms with van der Waals surface area (Å²) in [6.45, 7) is -3.15. The molecule has 2 aromatic rings. The number of nitrogens with zero attached hydrogens (tertiary/aromatic N) is 1. The number of ether oxygens (including phenoxy) is 2. The van der Waals surface area contributed by atoms with Crippen molar-refractivity contribution in [1.82, 2.24) is 4.90 Å². The van der Waals surface area contributed by atoms with Crippen LogP contribution in [0.4, 0.5) is 17.6 Å². The van der Waals surface area contributed by atoms with E-state index in [4.69, 9.17) is 4.74 Å². The number of amides is 1. The molecule has 0 bridgehead atoms. The van der Waals surface area contributed by atoms with E-state index in [0.717, 1.165) is 18.2 Å². The van der Waals surface area contributed by atoms with Crippen molar-refractivity contribution in [3.63, 3.8) is 0 Å². The normalized spacial score (nSPS) is 11.1. The van der Waals surface area contributed by atoms with Gasteiger partial charge in [0, 0.05) is 36.9 Å². The molecule has 0 atom stereocenters. The summed E-state index contributed by atoms with van der Waals surface area (Å²) in [6.07, 6.45) is 2.43. The maximum Gasteiger partial charge on any atom is 0.387 e. The fourth-order valence-electron chi connectivity index (χ4n) is 2.31. The first-order valence-corrected chi connectivity index (χ1v) is 7.80. The molecule has 0 aliphatic rings. The lowest BCUT2D eigenvalue weighted by Crippen LogP contribution is -2.24. The van der Waals surface area contributed by atoms with E-state index in [0.29, 0.717) is 0 Å². The molecular weight excluding hydrogens is 366 g/mol. The number of para-hydroxylation sites is 1. The molecule has 0 aliphatic heterocycles. The van der Waals surface area contributed by atoms with Crippen molar-refractivity contribution < 1.29 is 31.8 Å². The topological polar surface area (TPSA) is 38.8 Å². The van der Waals surface area contributed by atoms with Crippen LogP contribution in [0.5, 0.6) is 11.5 Å². The highest BCUT2D eigenvalue weighted by molar-refractivity contribution is 5.92. The first-order valence-electron chi connectivity index (χ1n) is 7.80. The molecule has 144 valence electrons. The Labute approximate surface area is 153 Å². The maximum atomic E-state index is 13.7. The fourth-order valence-corrected chi connectivity index (χ4v) is 2.31. The lowest BCUT2D eigenvalue weighted by atomic mass is 10.1. The zero-order valence-electron chi connectivity index (χ0n) is 14.6. The molecule has 0 N–H and O–H groups in total. The standard InChI is InChI=1S/C19H17F4NO3/c1-24(11-13-6-8-14(20)10-15(13)21)17(25)9-7-12-4-3-5-16(26-2)18(12)27-19(22)23/h3-10,19H,11H2,1-2H3. The molecule has 0 heterocycles. The molecule has 0 unspecified atom stereocenters. The molecule has 27 heavy (non-hydrogen) atoms. The van der Waals surface area contributed by atoms with Crippen LogP contribution in [0.25, 0.3) is 6.08 Å². The number of benzene rings is 2. The van der Waals surface area contributed by atoms with Gasteiger partial charge in [0.1, 0.15) is 11.6 Å². The summed E-state index contributed by atoms with van der Waals surface area (Å²) < 4.78 is 61.3. The third-order valence-electron chi connectivity index (χ3n) is 3.64. The fraction of sp³-hybridized carbons (Fsp3) is 0.211. The van der Waals surface area contributed by atoms with Crippen LogP contribution in [-0.2, 0) is 11.3 Å². The smallest absolute Gasteiger partial charge is 0.387 e. The first kappa shape index (κ1) is 20.3. The van der Waals surface area contributed by atoms with E-state index in [1.807, 2.05) is 0 Å². The first-order chi connectivity index (χ1) is 12.8. The Morgan fingerprint density at radius 2 is 1.96 bits per heavy atom. The molecular formula is C19H17F4NO3. The molecule has 8 heteroatoms. The minimum atomic E-state index is -3.06. The van der Waals surface area contributed by atoms with Gasteiger partial charge in [-0.3, -0.25) is 4.79 Å². The summed E-state index contributed by atoms with van der Waals surface area (Å²) in [5.74, 6) is -2.10. The summed E-state index contributed by atoms with van der Waals surface area (Å²) >= 11 is 0. The lowest BCUT2D eigenvalue weighted by molar-refractivity contribution is -0.125. The molecule has 0 aromatic heterocycles. The average molecular weight is 383 g/mol. The highest BCUT2D eigenvalue weighted by Crippen LogP contribution is 2.33. The van der Waals surface area contributed by atoms with Gasteiger partial charge in [-0.1, -0.05) is 18.2 Å². The van der Waals surface area contributed by atoms with Gasteiger partial charge >= 0.3 is 6.61 Å². The molecule has 1 amide bonds. The Bertz CT molecular complexity index is 840. The van der Waals surface area contributed by atoms with Crippen LogP contribution in [0.2, 0.25) is 0 Å². The van der Waals surface area contributed by atoms with E-state index in [-0.39, 0.29) is 29.2 Å². The second-order valence-corrected chi connectivity index (χ2v) is 5.52. The number of hydrogen-bond acceptors (Lipinski definition) is 3. The summed E-state index contributed by atoms with van der Waals surface area (Å²) in [6, 6.07) is 7.54. The Balaban J connectivity index is 2.16. The van der Waals surface area contributed by atoms with Gasteiger partial charge in [-0.15, -0.1) is 0 Å². The minimum Gasteiger partial charge on any atom is -0.493 e. The summed E-state index contributed by atoms with van der Waals surface area (Å²) in [4.78, 5) is 13.4. The second-order valence-electron chi connectivity index (χ2n) is 5.52. The van der Waals surface area contributed by atoms with E-state index < -0.39 is 24.2 Å². The zero-order chi connectivity index (χ0) is 20.0. The molecule has 2 aromatic carbocycles. The molecule has 0 radical (unpaired) electrons. The zero-order valence-corrected chi connectivity index (χ0v) is 14.6. The van der Waals surface area contributed by atoms with Crippen LogP contribution in [0, 0.1) is 11.6 Å². The number of alkyl halides is 2. The third-order valence-corrected chi connectivity index (χ3v) is 3.64. The number of likely N-dealkylation sites (N-methyl/N-ethyl adjacent to an activating group) is 1. The van der Waals surface area contributed by atoms with Crippen LogP contribution < -0.4 is 9.47 Å². The van der Waals surface area contributed by atoms with Gasteiger partial charge in [-0.05, 0) is 18.2 Å². The Kier molecular flexibility index (Phi) is 6.81. The highest BCUT2D eigenvalue weighted by atomic mass is 19.3. The summed E-state index contributed by atoms with van der Waals surface area (Å²) in [7, 11) is 2.73. The van der Waals surface area contributed by atoms with Gasteiger partial charge < -0.3 is 14.4 Å². The number of rotatable bonds is 7. The monoisotopic (exact) mass is 383 g/mol. The quantitative estimate of drug-likeness (QED) is 0.530. The van der Waals surface area contributed by atoms with Gasteiger partial charge in [-0.2, -0.15) is 8.78 Å². The minimum absolute atomic E-state index is 0.0895. The van der Waals surface area contributed by atoms with Crippen molar-refractivity contribution in [3.8, 4) is 11.5 Å². The van der Waals surface area contributed by atoms with E-state index >= 15 is 0 Å². The van der Waals surface area contributed by atoms with Crippen molar-refractivity contribution in [2.75, 3.05) is 14.2 Å². The van der Waals surface area contributed by atoms with Gasteiger partial charge in [-0.25, -0.2) is 8.78 Å². The predicted octanol–water partition coefficient (Wildman–Crippen LogP) is 4.25. The van der Waals surface area contributed by atoms with Crippen LogP contribution in [0.1, 0.15) is 11.1 Å². The van der Waals surface area contributed by atoms with Crippen LogP contribution in [0.15, 0.2) is 42.5 Å². The molecule has 0 saturated carbocycles. The summed E-state index contributed by atoms with van der Waals surface area (Å²) in [5, 5.41) is 0. The largest absolute Gasteiger partial charge is 0.493 e. The number of methoxy groups -OCH3 is 1. The Hall–Kier alpha value is -3.03. The average Bonchev–Trinajstić information content (AvgIpc) is 2.62. The van der Waals surface area contributed by atoms with Gasteiger partial charge in [0.05, 0.1) is 7.11 Å². The van der Waals surface area contributed by atoms with Crippen LogP contribution in [0.3, 0.4) is 0 Å². The van der Waals surface area contributed by atoms with E-state index in [1.54, 1.807) is 6.07 Å². The van der Waals surface area contributed by atoms with Crippen LogP contribution >= 0.6 is 0 Å². The Morgan fingerprint density at radius 1 is 1.22 bits per heavy atom. The van der Waals surface area contributed by atoms with Crippen molar-refractivity contribution in [2.24, 2.45) is 0 Å². The lowest BCUT2D eigenvalue weighted by Gasteiger charge is -2.16. The molecule has 0 spiro atoms. The highest BCUT2D eigenvalue weighted by Gasteiger charge is 2.15.